The van der Waals surface area contributed by atoms with E-state index < -0.39 is 10.0 Å². The van der Waals surface area contributed by atoms with E-state index in [1.54, 1.807) is 22.6 Å². The monoisotopic (exact) mass is 333 g/mol. The number of hydrogen-bond donors (Lipinski definition) is 0. The number of hydrogen-bond acceptors (Lipinski definition) is 3. The molecule has 0 unspecified atom stereocenters. The third-order valence-corrected chi connectivity index (χ3v) is 6.48. The Hall–Kier alpha value is -1.66. The van der Waals surface area contributed by atoms with Crippen LogP contribution in [-0.4, -0.2) is 35.4 Å². The molecule has 0 atom stereocenters. The van der Waals surface area contributed by atoms with Crippen LogP contribution in [0.4, 0.5) is 0 Å². The minimum absolute atomic E-state index is 0.405. The summed E-state index contributed by atoms with van der Waals surface area (Å²) in [6.45, 7) is 4.17. The van der Waals surface area contributed by atoms with Crippen LogP contribution in [0.25, 0.3) is 0 Å². The van der Waals surface area contributed by atoms with E-state index in [2.05, 4.69) is 16.5 Å². The number of sulfonamides is 1. The van der Waals surface area contributed by atoms with Gasteiger partial charge in [-0.15, -0.1) is 0 Å². The lowest BCUT2D eigenvalue weighted by atomic mass is 9.98. The second-order valence-electron chi connectivity index (χ2n) is 6.10. The Balaban J connectivity index is 1.63. The second-order valence-corrected chi connectivity index (χ2v) is 8.04. The van der Waals surface area contributed by atoms with E-state index in [1.807, 2.05) is 24.7 Å². The standard InChI is InChI=1S/C17H23N3O2S/c1-2-15-3-5-17(6-4-15)23(21,22)20-10-7-16(8-11-20)13-19-12-9-18-14-19/h3-6,9,12,14,16H,2,7-8,10-11,13H2,1H3. The summed E-state index contributed by atoms with van der Waals surface area (Å²) in [5.41, 5.74) is 1.16. The van der Waals surface area contributed by atoms with E-state index >= 15 is 0 Å². The highest BCUT2D eigenvalue weighted by Gasteiger charge is 2.29. The normalized spacial score (nSPS) is 17.4. The van der Waals surface area contributed by atoms with Crippen molar-refractivity contribution >= 4 is 10.0 Å². The van der Waals surface area contributed by atoms with Gasteiger partial charge in [-0.2, -0.15) is 4.31 Å². The highest BCUT2D eigenvalue weighted by molar-refractivity contribution is 7.89. The highest BCUT2D eigenvalue weighted by atomic mass is 32.2. The lowest BCUT2D eigenvalue weighted by Crippen LogP contribution is -2.39. The highest BCUT2D eigenvalue weighted by Crippen LogP contribution is 2.25. The van der Waals surface area contributed by atoms with Gasteiger partial charge in [0, 0.05) is 32.0 Å². The average Bonchev–Trinajstić information content (AvgIpc) is 3.08. The molecule has 0 amide bonds. The van der Waals surface area contributed by atoms with Crippen LogP contribution in [0.5, 0.6) is 0 Å². The topological polar surface area (TPSA) is 55.2 Å². The molecule has 6 heteroatoms. The Morgan fingerprint density at radius 2 is 1.87 bits per heavy atom. The first-order valence-corrected chi connectivity index (χ1v) is 9.58. The molecule has 2 heterocycles. The fourth-order valence-corrected chi connectivity index (χ4v) is 4.54. The maximum Gasteiger partial charge on any atom is 0.243 e. The predicted octanol–water partition coefficient (Wildman–Crippen LogP) is 2.55. The van der Waals surface area contributed by atoms with Gasteiger partial charge in [-0.05, 0) is 42.9 Å². The third kappa shape index (κ3) is 3.64. The zero-order valence-corrected chi connectivity index (χ0v) is 14.2. The number of aromatic nitrogens is 2. The van der Waals surface area contributed by atoms with Crippen LogP contribution in [0, 0.1) is 5.92 Å². The first-order chi connectivity index (χ1) is 11.1. The maximum absolute atomic E-state index is 12.7. The van der Waals surface area contributed by atoms with E-state index in [-0.39, 0.29) is 0 Å². The van der Waals surface area contributed by atoms with Crippen molar-refractivity contribution in [1.82, 2.24) is 13.9 Å². The molecule has 0 bridgehead atoms. The van der Waals surface area contributed by atoms with E-state index in [1.165, 1.54) is 0 Å². The summed E-state index contributed by atoms with van der Waals surface area (Å²) in [5.74, 6) is 0.512. The number of imidazole rings is 1. The van der Waals surface area contributed by atoms with Gasteiger partial charge in [0.25, 0.3) is 0 Å². The lowest BCUT2D eigenvalue weighted by Gasteiger charge is -2.31. The fraction of sp³-hybridized carbons (Fsp3) is 0.471. The molecule has 1 fully saturated rings. The van der Waals surface area contributed by atoms with Crippen molar-refractivity contribution in [3.63, 3.8) is 0 Å². The van der Waals surface area contributed by atoms with Gasteiger partial charge >= 0.3 is 0 Å². The third-order valence-electron chi connectivity index (χ3n) is 4.57. The van der Waals surface area contributed by atoms with Crippen LogP contribution in [0.2, 0.25) is 0 Å². The summed E-state index contributed by atoms with van der Waals surface area (Å²) in [4.78, 5) is 4.46. The summed E-state index contributed by atoms with van der Waals surface area (Å²) in [7, 11) is -3.36. The van der Waals surface area contributed by atoms with Gasteiger partial charge in [-0.3, -0.25) is 0 Å². The summed E-state index contributed by atoms with van der Waals surface area (Å²) < 4.78 is 29.1. The predicted molar refractivity (Wildman–Crippen MR) is 89.5 cm³/mol. The van der Waals surface area contributed by atoms with E-state index in [4.69, 9.17) is 0 Å². The number of piperidine rings is 1. The quantitative estimate of drug-likeness (QED) is 0.845. The van der Waals surface area contributed by atoms with Crippen LogP contribution >= 0.6 is 0 Å². The Morgan fingerprint density at radius 1 is 1.17 bits per heavy atom. The van der Waals surface area contributed by atoms with Crippen molar-refractivity contribution in [2.75, 3.05) is 13.1 Å². The molecular formula is C17H23N3O2S. The molecule has 3 rings (SSSR count). The molecule has 2 aromatic rings. The van der Waals surface area contributed by atoms with Crippen molar-refractivity contribution in [3.05, 3.63) is 48.5 Å². The van der Waals surface area contributed by atoms with Crippen LogP contribution in [0.15, 0.2) is 47.9 Å². The van der Waals surface area contributed by atoms with Crippen LogP contribution in [0.3, 0.4) is 0 Å². The second kappa shape index (κ2) is 6.84. The number of nitrogens with zero attached hydrogens (tertiary/aromatic N) is 3. The van der Waals surface area contributed by atoms with Gasteiger partial charge in [0.2, 0.25) is 10.0 Å². The van der Waals surface area contributed by atoms with Crippen LogP contribution < -0.4 is 0 Å². The average molecular weight is 333 g/mol. The van der Waals surface area contributed by atoms with Crippen LogP contribution in [0.1, 0.15) is 25.3 Å². The lowest BCUT2D eigenvalue weighted by molar-refractivity contribution is 0.253. The van der Waals surface area contributed by atoms with Crippen molar-refractivity contribution in [2.24, 2.45) is 5.92 Å². The molecule has 124 valence electrons. The minimum Gasteiger partial charge on any atom is -0.337 e. The minimum atomic E-state index is -3.36. The summed E-state index contributed by atoms with van der Waals surface area (Å²) in [6, 6.07) is 7.26. The van der Waals surface area contributed by atoms with Crippen molar-refractivity contribution in [3.8, 4) is 0 Å². The summed E-state index contributed by atoms with van der Waals surface area (Å²) >= 11 is 0. The van der Waals surface area contributed by atoms with E-state index in [0.29, 0.717) is 23.9 Å². The molecule has 1 aromatic carbocycles. The Bertz CT molecular complexity index is 716. The summed E-state index contributed by atoms with van der Waals surface area (Å²) in [6.07, 6.45) is 8.26. The maximum atomic E-state index is 12.7. The van der Waals surface area contributed by atoms with Crippen molar-refractivity contribution in [2.45, 2.75) is 37.6 Å². The van der Waals surface area contributed by atoms with Crippen LogP contribution in [-0.2, 0) is 23.0 Å². The summed E-state index contributed by atoms with van der Waals surface area (Å²) in [5, 5.41) is 0. The molecule has 0 N–H and O–H groups in total. The Labute approximate surface area is 138 Å². The van der Waals surface area contributed by atoms with E-state index in [9.17, 15) is 8.42 Å². The molecule has 0 radical (unpaired) electrons. The van der Waals surface area contributed by atoms with Crippen molar-refractivity contribution < 1.29 is 8.42 Å². The zero-order valence-electron chi connectivity index (χ0n) is 13.4. The Morgan fingerprint density at radius 3 is 2.43 bits per heavy atom. The van der Waals surface area contributed by atoms with Crippen molar-refractivity contribution in [1.29, 1.82) is 0 Å². The number of aryl methyl sites for hydroxylation is 1. The first-order valence-electron chi connectivity index (χ1n) is 8.14. The smallest absolute Gasteiger partial charge is 0.243 e. The van der Waals surface area contributed by atoms with Gasteiger partial charge in [0.15, 0.2) is 0 Å². The molecule has 1 aliphatic heterocycles. The molecule has 0 saturated carbocycles. The molecular weight excluding hydrogens is 310 g/mol. The molecule has 0 aliphatic carbocycles. The van der Waals surface area contributed by atoms with Gasteiger partial charge in [-0.1, -0.05) is 19.1 Å². The van der Waals surface area contributed by atoms with Gasteiger partial charge < -0.3 is 4.57 Å². The number of benzene rings is 1. The first kappa shape index (κ1) is 16.2. The van der Waals surface area contributed by atoms with Gasteiger partial charge in [-0.25, -0.2) is 13.4 Å². The number of rotatable bonds is 5. The van der Waals surface area contributed by atoms with Gasteiger partial charge in [0.05, 0.1) is 11.2 Å². The zero-order chi connectivity index (χ0) is 16.3. The van der Waals surface area contributed by atoms with Gasteiger partial charge in [0.1, 0.15) is 0 Å². The SMILES string of the molecule is CCc1ccc(S(=O)(=O)N2CCC(Cn3ccnc3)CC2)cc1. The fourth-order valence-electron chi connectivity index (χ4n) is 3.07. The molecule has 1 saturated heterocycles. The molecule has 1 aromatic heterocycles. The largest absolute Gasteiger partial charge is 0.337 e. The molecule has 5 nitrogen and oxygen atoms in total. The Kier molecular flexibility index (Phi) is 4.82. The molecule has 23 heavy (non-hydrogen) atoms. The molecule has 1 aliphatic rings. The van der Waals surface area contributed by atoms with E-state index in [0.717, 1.165) is 31.4 Å². The molecule has 0 spiro atoms.